The van der Waals surface area contributed by atoms with Gasteiger partial charge in [0.05, 0.1) is 7.11 Å². The highest BCUT2D eigenvalue weighted by Gasteiger charge is 2.13. The number of nitrogens with zero attached hydrogens (tertiary/aromatic N) is 3. The third kappa shape index (κ3) is 3.44. The third-order valence-corrected chi connectivity index (χ3v) is 6.05. The Hall–Kier alpha value is -3.23. The molecule has 0 fully saturated rings. The zero-order valence-electron chi connectivity index (χ0n) is 15.7. The van der Waals surface area contributed by atoms with Crippen molar-refractivity contribution >= 4 is 38.3 Å². The molecule has 30 heavy (non-hydrogen) atoms. The minimum Gasteiger partial charge on any atom is -0.497 e. The number of hydrogen-bond donors (Lipinski definition) is 0. The molecule has 0 saturated heterocycles. The van der Waals surface area contributed by atoms with E-state index in [1.165, 1.54) is 15.9 Å². The Labute approximate surface area is 183 Å². The molecule has 6 nitrogen and oxygen atoms in total. The van der Waals surface area contributed by atoms with Crippen molar-refractivity contribution in [2.45, 2.75) is 0 Å². The average molecular weight is 480 g/mol. The smallest absolute Gasteiger partial charge is 0.291 e. The Morgan fingerprint density at radius 1 is 1.03 bits per heavy atom. The molecule has 0 radical (unpaired) electrons. The number of rotatable bonds is 4. The minimum absolute atomic E-state index is 0.219. The zero-order valence-corrected chi connectivity index (χ0v) is 18.1. The summed E-state index contributed by atoms with van der Waals surface area (Å²) in [5.41, 5.74) is 1.57. The molecule has 0 N–H and O–H groups in total. The van der Waals surface area contributed by atoms with Gasteiger partial charge in [0.1, 0.15) is 21.8 Å². The summed E-state index contributed by atoms with van der Waals surface area (Å²) in [6.45, 7) is 0. The Kier molecular flexibility index (Phi) is 4.72. The van der Waals surface area contributed by atoms with E-state index in [2.05, 4.69) is 26.0 Å². The molecule has 2 aromatic carbocycles. The first-order valence-corrected chi connectivity index (χ1v) is 10.6. The fraction of sp³-hybridized carbons (Fsp3) is 0.0455. The van der Waals surface area contributed by atoms with Crippen LogP contribution in [-0.4, -0.2) is 21.7 Å². The van der Waals surface area contributed by atoms with Crippen molar-refractivity contribution in [3.8, 4) is 28.5 Å². The second-order valence-corrected chi connectivity index (χ2v) is 8.41. The van der Waals surface area contributed by atoms with Gasteiger partial charge in [0.2, 0.25) is 4.96 Å². The molecule has 8 heteroatoms. The second kappa shape index (κ2) is 7.55. The highest BCUT2D eigenvalue weighted by atomic mass is 79.9. The van der Waals surface area contributed by atoms with E-state index in [0.29, 0.717) is 21.1 Å². The maximum atomic E-state index is 12.8. The number of ether oxygens (including phenoxy) is 1. The zero-order chi connectivity index (χ0) is 20.7. The lowest BCUT2D eigenvalue weighted by Gasteiger charge is -1.99. The van der Waals surface area contributed by atoms with Gasteiger partial charge in [-0.15, -0.1) is 5.10 Å². The normalized spacial score (nSPS) is 12.0. The molecule has 0 bridgehead atoms. The molecule has 0 aliphatic carbocycles. The van der Waals surface area contributed by atoms with Crippen LogP contribution in [0.25, 0.3) is 33.7 Å². The number of methoxy groups -OCH3 is 1. The van der Waals surface area contributed by atoms with Crippen LogP contribution in [0.1, 0.15) is 5.76 Å². The van der Waals surface area contributed by atoms with Crippen LogP contribution < -0.4 is 14.8 Å². The van der Waals surface area contributed by atoms with E-state index < -0.39 is 0 Å². The van der Waals surface area contributed by atoms with Crippen molar-refractivity contribution in [2.24, 2.45) is 0 Å². The Bertz CT molecular complexity index is 1450. The quantitative estimate of drug-likeness (QED) is 0.382. The van der Waals surface area contributed by atoms with E-state index in [-0.39, 0.29) is 5.56 Å². The standard InChI is InChI=1S/C22H14BrN3O3S/c1-28-16-8-4-14(5-9-16)20-24-22-26(25-20)21(27)19(30-22)12-17-10-11-18(29-17)13-2-6-15(23)7-3-13/h2-12H,1H3/b19-12-. The van der Waals surface area contributed by atoms with Crippen LogP contribution >= 0.6 is 27.3 Å². The predicted octanol–water partition coefficient (Wildman–Crippen LogP) is 4.40. The fourth-order valence-corrected chi connectivity index (χ4v) is 4.18. The fourth-order valence-electron chi connectivity index (χ4n) is 3.03. The van der Waals surface area contributed by atoms with E-state index in [4.69, 9.17) is 9.15 Å². The SMILES string of the molecule is COc1ccc(-c2nc3s/c(=C\c4ccc(-c5ccc(Br)cc5)o4)c(=O)n3n2)cc1. The number of fused-ring (bicyclic) bond motifs is 1. The number of hydrogen-bond acceptors (Lipinski definition) is 6. The highest BCUT2D eigenvalue weighted by molar-refractivity contribution is 9.10. The summed E-state index contributed by atoms with van der Waals surface area (Å²) in [4.78, 5) is 17.8. The Balaban J connectivity index is 1.48. The molecule has 3 aromatic heterocycles. The van der Waals surface area contributed by atoms with Gasteiger partial charge in [0.25, 0.3) is 5.56 Å². The Morgan fingerprint density at radius 3 is 2.47 bits per heavy atom. The molecular formula is C22H14BrN3O3S. The van der Waals surface area contributed by atoms with Crippen molar-refractivity contribution in [2.75, 3.05) is 7.11 Å². The monoisotopic (exact) mass is 479 g/mol. The molecule has 0 atom stereocenters. The molecule has 0 aliphatic rings. The second-order valence-electron chi connectivity index (χ2n) is 6.48. The number of benzene rings is 2. The molecule has 0 spiro atoms. The summed E-state index contributed by atoms with van der Waals surface area (Å²) in [6, 6.07) is 19.0. The van der Waals surface area contributed by atoms with Gasteiger partial charge in [-0.25, -0.2) is 0 Å². The largest absolute Gasteiger partial charge is 0.497 e. The van der Waals surface area contributed by atoms with Gasteiger partial charge in [-0.2, -0.15) is 9.50 Å². The van der Waals surface area contributed by atoms with Crippen LogP contribution in [0.5, 0.6) is 5.75 Å². The minimum atomic E-state index is -0.219. The summed E-state index contributed by atoms with van der Waals surface area (Å²) in [5, 5.41) is 4.37. The maximum Gasteiger partial charge on any atom is 0.291 e. The summed E-state index contributed by atoms with van der Waals surface area (Å²) in [7, 11) is 1.61. The van der Waals surface area contributed by atoms with Gasteiger partial charge in [0, 0.05) is 21.7 Å². The lowest BCUT2D eigenvalue weighted by molar-refractivity contribution is 0.415. The van der Waals surface area contributed by atoms with Gasteiger partial charge in [-0.1, -0.05) is 39.4 Å². The van der Waals surface area contributed by atoms with Crippen LogP contribution in [0.2, 0.25) is 0 Å². The third-order valence-electron chi connectivity index (χ3n) is 4.56. The van der Waals surface area contributed by atoms with Crippen molar-refractivity contribution in [1.82, 2.24) is 14.6 Å². The summed E-state index contributed by atoms with van der Waals surface area (Å²) < 4.78 is 13.9. The number of halogens is 1. The van der Waals surface area contributed by atoms with Crippen molar-refractivity contribution in [3.05, 3.63) is 85.8 Å². The van der Waals surface area contributed by atoms with E-state index in [9.17, 15) is 4.79 Å². The molecule has 0 unspecified atom stereocenters. The first-order valence-electron chi connectivity index (χ1n) is 9.02. The lowest BCUT2D eigenvalue weighted by atomic mass is 10.2. The molecule has 148 valence electrons. The first-order chi connectivity index (χ1) is 14.6. The predicted molar refractivity (Wildman–Crippen MR) is 120 cm³/mol. The molecule has 5 rings (SSSR count). The van der Waals surface area contributed by atoms with Crippen LogP contribution in [0.15, 0.2) is 74.3 Å². The molecule has 0 saturated carbocycles. The maximum absolute atomic E-state index is 12.8. The van der Waals surface area contributed by atoms with E-state index >= 15 is 0 Å². The van der Waals surface area contributed by atoms with Crippen molar-refractivity contribution in [3.63, 3.8) is 0 Å². The van der Waals surface area contributed by atoms with Crippen LogP contribution in [0, 0.1) is 0 Å². The van der Waals surface area contributed by atoms with Gasteiger partial charge in [-0.05, 0) is 48.5 Å². The van der Waals surface area contributed by atoms with Crippen LogP contribution in [-0.2, 0) is 0 Å². The number of furan rings is 1. The van der Waals surface area contributed by atoms with E-state index in [1.54, 1.807) is 13.2 Å². The summed E-state index contributed by atoms with van der Waals surface area (Å²) in [5.74, 6) is 2.59. The van der Waals surface area contributed by atoms with Gasteiger partial charge >= 0.3 is 0 Å². The number of aromatic nitrogens is 3. The average Bonchev–Trinajstić information content (AvgIpc) is 3.47. The highest BCUT2D eigenvalue weighted by Crippen LogP contribution is 2.24. The Morgan fingerprint density at radius 2 is 1.77 bits per heavy atom. The van der Waals surface area contributed by atoms with E-state index in [1.807, 2.05) is 60.7 Å². The molecular weight excluding hydrogens is 466 g/mol. The first kappa shape index (κ1) is 18.8. The van der Waals surface area contributed by atoms with Gasteiger partial charge < -0.3 is 9.15 Å². The van der Waals surface area contributed by atoms with Gasteiger partial charge in [-0.3, -0.25) is 4.79 Å². The molecule has 5 aromatic rings. The summed E-state index contributed by atoms with van der Waals surface area (Å²) in [6.07, 6.45) is 1.72. The topological polar surface area (TPSA) is 69.6 Å². The summed E-state index contributed by atoms with van der Waals surface area (Å²) >= 11 is 4.70. The van der Waals surface area contributed by atoms with Crippen LogP contribution in [0.3, 0.4) is 0 Å². The molecule has 3 heterocycles. The van der Waals surface area contributed by atoms with Crippen molar-refractivity contribution < 1.29 is 9.15 Å². The van der Waals surface area contributed by atoms with Gasteiger partial charge in [0.15, 0.2) is 5.82 Å². The lowest BCUT2D eigenvalue weighted by Crippen LogP contribution is -2.23. The molecule has 0 aliphatic heterocycles. The number of thiazole rings is 1. The van der Waals surface area contributed by atoms with Crippen LogP contribution in [0.4, 0.5) is 0 Å². The molecule has 0 amide bonds. The van der Waals surface area contributed by atoms with Crippen molar-refractivity contribution in [1.29, 1.82) is 0 Å². The van der Waals surface area contributed by atoms with E-state index in [0.717, 1.165) is 27.1 Å².